The molecule has 0 amide bonds. The predicted molar refractivity (Wildman–Crippen MR) is 91.7 cm³/mol. The molecule has 21 heavy (non-hydrogen) atoms. The predicted octanol–water partition coefficient (Wildman–Crippen LogP) is 5.52. The molecule has 3 atom stereocenters. The van der Waals surface area contributed by atoms with Gasteiger partial charge in [0.2, 0.25) is 0 Å². The van der Waals surface area contributed by atoms with Gasteiger partial charge < -0.3 is 8.85 Å². The second kappa shape index (κ2) is 6.72. The molecule has 3 heteroatoms. The summed E-state index contributed by atoms with van der Waals surface area (Å²) < 4.78 is 12.5. The van der Waals surface area contributed by atoms with Crippen LogP contribution in [0.5, 0.6) is 0 Å². The molecule has 0 saturated heterocycles. The summed E-state index contributed by atoms with van der Waals surface area (Å²) in [7, 11) is 1.75. The van der Waals surface area contributed by atoms with Crippen molar-refractivity contribution in [3.05, 3.63) is 0 Å². The third-order valence-electron chi connectivity index (χ3n) is 6.52. The van der Waals surface area contributed by atoms with Crippen molar-refractivity contribution in [3.8, 4) is 0 Å². The highest BCUT2D eigenvalue weighted by atomic mass is 28.4. The Kier molecular flexibility index (Phi) is 5.59. The molecule has 2 fully saturated rings. The van der Waals surface area contributed by atoms with Crippen molar-refractivity contribution in [2.24, 2.45) is 17.3 Å². The zero-order valence-corrected chi connectivity index (χ0v) is 16.1. The van der Waals surface area contributed by atoms with Gasteiger partial charge in [0.05, 0.1) is 0 Å². The van der Waals surface area contributed by atoms with Crippen LogP contribution in [0.4, 0.5) is 0 Å². The average molecular weight is 313 g/mol. The van der Waals surface area contributed by atoms with Crippen LogP contribution in [0.15, 0.2) is 0 Å². The van der Waals surface area contributed by atoms with Gasteiger partial charge in [-0.3, -0.25) is 0 Å². The average Bonchev–Trinajstić information content (AvgIpc) is 2.45. The molecule has 0 aliphatic heterocycles. The lowest BCUT2D eigenvalue weighted by atomic mass is 9.77. The Hall–Kier alpha value is 0.137. The van der Waals surface area contributed by atoms with E-state index < -0.39 is 8.56 Å². The molecule has 124 valence electrons. The summed E-state index contributed by atoms with van der Waals surface area (Å²) in [5.74, 6) is 1.60. The van der Waals surface area contributed by atoms with E-state index >= 15 is 0 Å². The van der Waals surface area contributed by atoms with Crippen LogP contribution < -0.4 is 0 Å². The molecule has 2 rings (SSSR count). The molecule has 2 aliphatic rings. The summed E-state index contributed by atoms with van der Waals surface area (Å²) in [6.45, 7) is 9.67. The molecule has 0 N–H and O–H groups in total. The van der Waals surface area contributed by atoms with Gasteiger partial charge in [-0.25, -0.2) is 0 Å². The molecule has 0 radical (unpaired) electrons. The van der Waals surface area contributed by atoms with Crippen LogP contribution in [0, 0.1) is 17.3 Å². The maximum atomic E-state index is 6.27. The first-order valence-electron chi connectivity index (χ1n) is 8.95. The molecule has 0 bridgehead atoms. The van der Waals surface area contributed by atoms with Gasteiger partial charge in [-0.1, -0.05) is 40.5 Å². The normalized spacial score (nSPS) is 34.9. The summed E-state index contributed by atoms with van der Waals surface area (Å²) in [6.07, 6.45) is 9.32. The van der Waals surface area contributed by atoms with Crippen molar-refractivity contribution >= 4 is 8.56 Å². The number of rotatable bonds is 4. The van der Waals surface area contributed by atoms with Crippen molar-refractivity contribution in [3.63, 3.8) is 0 Å². The van der Waals surface area contributed by atoms with Crippen molar-refractivity contribution < 1.29 is 8.85 Å². The zero-order chi connectivity index (χ0) is 15.7. The standard InChI is InChI=1S/C18H36O2Si/c1-14-7-8-15(2)17(13-14)21(19-5,20-6)16-9-11-18(3,4)12-10-16/h14-17H,7-13H2,1-6H3. The Morgan fingerprint density at radius 2 is 1.48 bits per heavy atom. The van der Waals surface area contributed by atoms with Crippen LogP contribution in [0.1, 0.15) is 72.6 Å². The van der Waals surface area contributed by atoms with Crippen LogP contribution in [-0.4, -0.2) is 22.8 Å². The number of hydrogen-bond acceptors (Lipinski definition) is 2. The summed E-state index contributed by atoms with van der Waals surface area (Å²) in [6, 6.07) is 0. The van der Waals surface area contributed by atoms with Gasteiger partial charge in [0.15, 0.2) is 0 Å². The molecule has 0 aromatic carbocycles. The molecular formula is C18H36O2Si. The Morgan fingerprint density at radius 1 is 0.905 bits per heavy atom. The minimum atomic E-state index is -2.11. The Bertz CT molecular complexity index is 328. The lowest BCUT2D eigenvalue weighted by molar-refractivity contribution is 0.149. The highest BCUT2D eigenvalue weighted by Gasteiger charge is 2.54. The Labute approximate surface area is 133 Å². The molecule has 2 aliphatic carbocycles. The van der Waals surface area contributed by atoms with E-state index in [0.29, 0.717) is 16.5 Å². The maximum absolute atomic E-state index is 6.27. The van der Waals surface area contributed by atoms with Gasteiger partial charge in [0.25, 0.3) is 0 Å². The Morgan fingerprint density at radius 3 is 2.00 bits per heavy atom. The maximum Gasteiger partial charge on any atom is 0.344 e. The largest absolute Gasteiger partial charge is 0.397 e. The second-order valence-corrected chi connectivity index (χ2v) is 12.4. The topological polar surface area (TPSA) is 18.5 Å². The minimum absolute atomic E-state index is 0.517. The molecule has 2 saturated carbocycles. The van der Waals surface area contributed by atoms with Gasteiger partial charge in [-0.2, -0.15) is 0 Å². The third kappa shape index (κ3) is 3.56. The van der Waals surface area contributed by atoms with Crippen LogP contribution in [0.3, 0.4) is 0 Å². The quantitative estimate of drug-likeness (QED) is 0.636. The van der Waals surface area contributed by atoms with E-state index in [9.17, 15) is 0 Å². The molecule has 0 aromatic rings. The van der Waals surface area contributed by atoms with Crippen molar-refractivity contribution in [2.75, 3.05) is 14.2 Å². The number of hydrogen-bond donors (Lipinski definition) is 0. The van der Waals surface area contributed by atoms with E-state index in [1.165, 1.54) is 44.9 Å². The van der Waals surface area contributed by atoms with Gasteiger partial charge >= 0.3 is 8.56 Å². The van der Waals surface area contributed by atoms with E-state index in [4.69, 9.17) is 8.85 Å². The molecular weight excluding hydrogens is 276 g/mol. The monoisotopic (exact) mass is 312 g/mol. The Balaban J connectivity index is 2.19. The van der Waals surface area contributed by atoms with Crippen molar-refractivity contribution in [1.29, 1.82) is 0 Å². The van der Waals surface area contributed by atoms with Crippen LogP contribution in [-0.2, 0) is 8.85 Å². The van der Waals surface area contributed by atoms with E-state index in [0.717, 1.165) is 11.8 Å². The molecule has 3 unspecified atom stereocenters. The van der Waals surface area contributed by atoms with Gasteiger partial charge in [-0.05, 0) is 49.4 Å². The van der Waals surface area contributed by atoms with E-state index in [2.05, 4.69) is 27.7 Å². The van der Waals surface area contributed by atoms with Crippen LogP contribution >= 0.6 is 0 Å². The van der Waals surface area contributed by atoms with Crippen LogP contribution in [0.25, 0.3) is 0 Å². The first kappa shape index (κ1) is 17.5. The highest BCUT2D eigenvalue weighted by Crippen LogP contribution is 2.54. The smallest absolute Gasteiger partial charge is 0.344 e. The second-order valence-electron chi connectivity index (χ2n) is 8.57. The SMILES string of the molecule is CO[Si](OC)(C1CCC(C)(C)CC1)C1CC(C)CCC1C. The summed E-state index contributed by atoms with van der Waals surface area (Å²) >= 11 is 0. The summed E-state index contributed by atoms with van der Waals surface area (Å²) in [5, 5.41) is 0. The van der Waals surface area contributed by atoms with Gasteiger partial charge in [0.1, 0.15) is 0 Å². The van der Waals surface area contributed by atoms with Crippen LogP contribution in [0.2, 0.25) is 11.1 Å². The van der Waals surface area contributed by atoms with E-state index in [-0.39, 0.29) is 0 Å². The molecule has 2 nitrogen and oxygen atoms in total. The fourth-order valence-corrected chi connectivity index (χ4v) is 9.75. The third-order valence-corrected chi connectivity index (χ3v) is 11.4. The fraction of sp³-hybridized carbons (Fsp3) is 1.00. The van der Waals surface area contributed by atoms with Crippen molar-refractivity contribution in [2.45, 2.75) is 83.7 Å². The lowest BCUT2D eigenvalue weighted by Gasteiger charge is -2.49. The van der Waals surface area contributed by atoms with E-state index in [1.807, 2.05) is 14.2 Å². The van der Waals surface area contributed by atoms with E-state index in [1.54, 1.807) is 0 Å². The summed E-state index contributed by atoms with van der Waals surface area (Å²) in [4.78, 5) is 0. The first-order chi connectivity index (χ1) is 9.84. The lowest BCUT2D eigenvalue weighted by Crippen LogP contribution is -2.54. The molecule has 0 spiro atoms. The first-order valence-corrected chi connectivity index (χ1v) is 10.9. The summed E-state index contributed by atoms with van der Waals surface area (Å²) in [5.41, 5.74) is 1.89. The van der Waals surface area contributed by atoms with Gasteiger partial charge in [-0.15, -0.1) is 0 Å². The van der Waals surface area contributed by atoms with Crippen molar-refractivity contribution in [1.82, 2.24) is 0 Å². The highest BCUT2D eigenvalue weighted by molar-refractivity contribution is 6.70. The van der Waals surface area contributed by atoms with Gasteiger partial charge in [0, 0.05) is 25.3 Å². The zero-order valence-electron chi connectivity index (χ0n) is 15.1. The molecule has 0 aromatic heterocycles. The fourth-order valence-electron chi connectivity index (χ4n) is 4.92. The minimum Gasteiger partial charge on any atom is -0.397 e. The molecule has 0 heterocycles.